The maximum Gasteiger partial charge on any atom is 0.408 e. The number of carbonyl (C=O) groups excluding carboxylic acids is 1. The quantitative estimate of drug-likeness (QED) is 0.326. The van der Waals surface area contributed by atoms with Crippen LogP contribution in [-0.2, 0) is 26.2 Å². The van der Waals surface area contributed by atoms with E-state index in [-0.39, 0.29) is 43.0 Å². The molecule has 0 saturated carbocycles. The van der Waals surface area contributed by atoms with Gasteiger partial charge in [0.1, 0.15) is 18.5 Å². The zero-order chi connectivity index (χ0) is 30.7. The van der Waals surface area contributed by atoms with Gasteiger partial charge in [-0.3, -0.25) is 9.69 Å². The maximum atomic E-state index is 13.1. The molecule has 3 aromatic carbocycles. The lowest BCUT2D eigenvalue weighted by Gasteiger charge is -2.43. The van der Waals surface area contributed by atoms with E-state index in [2.05, 4.69) is 10.2 Å². The minimum absolute atomic E-state index is 0.0323. The number of hydrogen-bond acceptors (Lipinski definition) is 7. The molecule has 0 spiro atoms. The van der Waals surface area contributed by atoms with Crippen molar-refractivity contribution in [3.63, 3.8) is 0 Å². The molecule has 0 unspecified atom stereocenters. The van der Waals surface area contributed by atoms with E-state index in [1.807, 2.05) is 54.6 Å². The van der Waals surface area contributed by atoms with E-state index in [1.165, 1.54) is 4.31 Å². The molecular formula is C33H37N3O7S. The number of aliphatic carboxylic acids is 1. The number of piperidine rings is 3. The third-order valence-electron chi connectivity index (χ3n) is 8.79. The molecular weight excluding hydrogens is 582 g/mol. The van der Waals surface area contributed by atoms with Gasteiger partial charge in [0.15, 0.2) is 0 Å². The number of carboxylic acid groups (broad SMARTS) is 1. The van der Waals surface area contributed by atoms with Crippen LogP contribution in [-0.4, -0.2) is 73.6 Å². The van der Waals surface area contributed by atoms with Gasteiger partial charge in [-0.2, -0.15) is 4.31 Å². The zero-order valence-corrected chi connectivity index (χ0v) is 25.2. The van der Waals surface area contributed by atoms with Crippen LogP contribution in [0.5, 0.6) is 5.75 Å². The Labute approximate surface area is 257 Å². The summed E-state index contributed by atoms with van der Waals surface area (Å²) in [6, 6.07) is 23.4. The van der Waals surface area contributed by atoms with Gasteiger partial charge in [0.2, 0.25) is 10.0 Å². The summed E-state index contributed by atoms with van der Waals surface area (Å²) < 4.78 is 39.1. The normalized spacial score (nSPS) is 22.5. The molecule has 11 heteroatoms. The molecule has 44 heavy (non-hydrogen) atoms. The van der Waals surface area contributed by atoms with Crippen molar-refractivity contribution in [3.8, 4) is 5.75 Å². The first-order chi connectivity index (χ1) is 21.2. The van der Waals surface area contributed by atoms with Crippen LogP contribution in [0.25, 0.3) is 0 Å². The third kappa shape index (κ3) is 6.90. The van der Waals surface area contributed by atoms with Gasteiger partial charge >= 0.3 is 12.1 Å². The third-order valence-corrected chi connectivity index (χ3v) is 10.6. The highest BCUT2D eigenvalue weighted by Crippen LogP contribution is 2.31. The number of hydrogen-bond donors (Lipinski definition) is 2. The summed E-state index contributed by atoms with van der Waals surface area (Å²) in [6.07, 6.45) is 1.56. The van der Waals surface area contributed by atoms with Crippen molar-refractivity contribution < 1.29 is 32.6 Å². The van der Waals surface area contributed by atoms with Crippen LogP contribution in [0.1, 0.15) is 42.0 Å². The summed E-state index contributed by atoms with van der Waals surface area (Å²) in [5.41, 5.74) is 2.56. The second-order valence-electron chi connectivity index (χ2n) is 11.9. The maximum absolute atomic E-state index is 13.1. The molecule has 4 aliphatic heterocycles. The minimum atomic E-state index is -3.67. The Morgan fingerprint density at radius 3 is 2.27 bits per heavy atom. The number of carbonyl (C=O) groups is 2. The number of rotatable bonds is 11. The lowest BCUT2D eigenvalue weighted by atomic mass is 9.86. The SMILES string of the molecule is O=C(O)CC1CN(S(=O)(=O)c2ccc(COc3cccc([C@@H](NC(=O)O[C@H]4CN5CCC4CC5)c4ccccc4)c3)cc2)C1. The van der Waals surface area contributed by atoms with Gasteiger partial charge in [0.25, 0.3) is 0 Å². The zero-order valence-electron chi connectivity index (χ0n) is 24.4. The van der Waals surface area contributed by atoms with Gasteiger partial charge < -0.3 is 19.9 Å². The summed E-state index contributed by atoms with van der Waals surface area (Å²) in [4.78, 5) is 26.5. The van der Waals surface area contributed by atoms with Crippen LogP contribution in [0.2, 0.25) is 0 Å². The first-order valence-corrected chi connectivity index (χ1v) is 16.5. The van der Waals surface area contributed by atoms with Gasteiger partial charge in [-0.05, 0) is 78.7 Å². The molecule has 3 aromatic rings. The highest BCUT2D eigenvalue weighted by Gasteiger charge is 2.38. The van der Waals surface area contributed by atoms with E-state index in [1.54, 1.807) is 24.3 Å². The molecule has 4 aliphatic rings. The average Bonchev–Trinajstić information content (AvgIpc) is 3.01. The van der Waals surface area contributed by atoms with Crippen LogP contribution in [0.4, 0.5) is 4.79 Å². The first kappa shape index (κ1) is 30.1. The fourth-order valence-electron chi connectivity index (χ4n) is 6.29. The Morgan fingerprint density at radius 1 is 0.909 bits per heavy atom. The number of fused-ring (bicyclic) bond motifs is 3. The molecule has 0 radical (unpaired) electrons. The molecule has 7 rings (SSSR count). The van der Waals surface area contributed by atoms with Crippen molar-refractivity contribution in [3.05, 3.63) is 95.6 Å². The Kier molecular flexibility index (Phi) is 8.88. The van der Waals surface area contributed by atoms with Crippen LogP contribution >= 0.6 is 0 Å². The molecule has 4 fully saturated rings. The van der Waals surface area contributed by atoms with Crippen molar-refractivity contribution in [2.45, 2.75) is 42.9 Å². The fourth-order valence-corrected chi connectivity index (χ4v) is 7.88. The van der Waals surface area contributed by atoms with E-state index in [0.29, 0.717) is 11.7 Å². The van der Waals surface area contributed by atoms with E-state index in [4.69, 9.17) is 14.6 Å². The fraction of sp³-hybridized carbons (Fsp3) is 0.394. The number of carboxylic acids is 1. The number of benzene rings is 3. The monoisotopic (exact) mass is 619 g/mol. The second kappa shape index (κ2) is 13.0. The average molecular weight is 620 g/mol. The molecule has 0 aromatic heterocycles. The summed E-state index contributed by atoms with van der Waals surface area (Å²) in [7, 11) is -3.67. The van der Waals surface area contributed by atoms with E-state index in [9.17, 15) is 18.0 Å². The van der Waals surface area contributed by atoms with Gasteiger partial charge in [0, 0.05) is 19.6 Å². The molecule has 10 nitrogen and oxygen atoms in total. The Hall–Kier alpha value is -3.93. The predicted molar refractivity (Wildman–Crippen MR) is 163 cm³/mol. The van der Waals surface area contributed by atoms with E-state index < -0.39 is 28.1 Å². The van der Waals surface area contributed by atoms with Crippen molar-refractivity contribution in [2.24, 2.45) is 11.8 Å². The van der Waals surface area contributed by atoms with Crippen molar-refractivity contribution in [2.75, 3.05) is 32.7 Å². The minimum Gasteiger partial charge on any atom is -0.489 e. The number of amides is 1. The standard InChI is InChI=1S/C33H37N3O7S/c37-31(38)17-24-19-36(20-24)44(40,41)29-11-9-23(10-12-29)22-42-28-8-4-7-27(18-28)32(26-5-2-1-3-6-26)34-33(39)43-30-21-35-15-13-25(30)14-16-35/h1-12,18,24-25,30,32H,13-17,19-22H2,(H,34,39)(H,37,38)/t30-,32-/m0/s1. The number of alkyl carbamates (subject to hydrolysis) is 1. The van der Waals surface area contributed by atoms with Crippen LogP contribution in [0.3, 0.4) is 0 Å². The molecule has 2 bridgehead atoms. The molecule has 2 atom stereocenters. The van der Waals surface area contributed by atoms with Gasteiger partial charge in [0.05, 0.1) is 17.4 Å². The lowest BCUT2D eigenvalue weighted by Crippen LogP contribution is -2.52. The largest absolute Gasteiger partial charge is 0.489 e. The summed E-state index contributed by atoms with van der Waals surface area (Å²) in [6.45, 7) is 3.58. The van der Waals surface area contributed by atoms with Crippen LogP contribution < -0.4 is 10.1 Å². The molecule has 4 heterocycles. The summed E-state index contributed by atoms with van der Waals surface area (Å²) in [5, 5.41) is 12.0. The highest BCUT2D eigenvalue weighted by molar-refractivity contribution is 7.89. The van der Waals surface area contributed by atoms with Gasteiger partial charge in [-0.1, -0.05) is 54.6 Å². The topological polar surface area (TPSA) is 125 Å². The Morgan fingerprint density at radius 2 is 1.61 bits per heavy atom. The summed E-state index contributed by atoms with van der Waals surface area (Å²) in [5.74, 6) is -0.0503. The van der Waals surface area contributed by atoms with Crippen LogP contribution in [0, 0.1) is 11.8 Å². The number of sulfonamides is 1. The Balaban J connectivity index is 1.09. The highest BCUT2D eigenvalue weighted by atomic mass is 32.2. The van der Waals surface area contributed by atoms with Crippen molar-refractivity contribution >= 4 is 22.1 Å². The van der Waals surface area contributed by atoms with Crippen molar-refractivity contribution in [1.29, 1.82) is 0 Å². The lowest BCUT2D eigenvalue weighted by molar-refractivity contribution is -0.139. The first-order valence-electron chi connectivity index (χ1n) is 15.0. The summed E-state index contributed by atoms with van der Waals surface area (Å²) >= 11 is 0. The molecule has 2 N–H and O–H groups in total. The molecule has 0 aliphatic carbocycles. The Bertz CT molecular complexity index is 1570. The van der Waals surface area contributed by atoms with Gasteiger partial charge in [-0.25, -0.2) is 13.2 Å². The number of ether oxygens (including phenoxy) is 2. The van der Waals surface area contributed by atoms with Gasteiger partial charge in [-0.15, -0.1) is 0 Å². The van der Waals surface area contributed by atoms with E-state index >= 15 is 0 Å². The van der Waals surface area contributed by atoms with E-state index in [0.717, 1.165) is 49.2 Å². The number of nitrogens with one attached hydrogen (secondary N) is 1. The molecule has 4 saturated heterocycles. The smallest absolute Gasteiger partial charge is 0.408 e. The second-order valence-corrected chi connectivity index (χ2v) is 13.8. The van der Waals surface area contributed by atoms with Crippen LogP contribution in [0.15, 0.2) is 83.8 Å². The van der Waals surface area contributed by atoms with Crippen molar-refractivity contribution in [1.82, 2.24) is 14.5 Å². The molecule has 1 amide bonds. The predicted octanol–water partition coefficient (Wildman–Crippen LogP) is 4.27. The number of nitrogens with zero attached hydrogens (tertiary/aromatic N) is 2. The molecule has 232 valence electrons.